The number of aromatic nitrogens is 2. The number of fused-ring (bicyclic) bond motifs is 1. The van der Waals surface area contributed by atoms with E-state index in [4.69, 9.17) is 5.11 Å². The highest BCUT2D eigenvalue weighted by Crippen LogP contribution is 2.20. The number of para-hydroxylation sites is 1. The summed E-state index contributed by atoms with van der Waals surface area (Å²) in [6, 6.07) is 5.67. The van der Waals surface area contributed by atoms with Gasteiger partial charge in [-0.2, -0.15) is 0 Å². The predicted molar refractivity (Wildman–Crippen MR) is 82.2 cm³/mol. The molecule has 1 unspecified atom stereocenters. The molecule has 112 valence electrons. The van der Waals surface area contributed by atoms with Gasteiger partial charge in [0.25, 0.3) is 5.56 Å². The largest absolute Gasteiger partial charge is 0.396 e. The molecule has 0 spiro atoms. The first-order chi connectivity index (χ1) is 10.2. The Hall–Kier alpha value is -1.72. The van der Waals surface area contributed by atoms with E-state index in [0.717, 1.165) is 42.8 Å². The fourth-order valence-corrected chi connectivity index (χ4v) is 3.11. The number of nitrogens with zero attached hydrogens (tertiary/aromatic N) is 2. The lowest BCUT2D eigenvalue weighted by Crippen LogP contribution is -2.24. The van der Waals surface area contributed by atoms with Crippen LogP contribution in [0.2, 0.25) is 0 Å². The van der Waals surface area contributed by atoms with Crippen LogP contribution in [0.25, 0.3) is 10.9 Å². The predicted octanol–water partition coefficient (Wildman–Crippen LogP) is 1.44. The van der Waals surface area contributed by atoms with E-state index < -0.39 is 0 Å². The molecule has 0 saturated carbocycles. The van der Waals surface area contributed by atoms with Gasteiger partial charge in [0, 0.05) is 13.2 Å². The van der Waals surface area contributed by atoms with Crippen molar-refractivity contribution in [2.45, 2.75) is 26.3 Å². The molecule has 1 saturated heterocycles. The lowest BCUT2D eigenvalue weighted by Gasteiger charge is -2.15. The highest BCUT2D eigenvalue weighted by atomic mass is 16.3. The second-order valence-electron chi connectivity index (χ2n) is 5.89. The third-order valence-corrected chi connectivity index (χ3v) is 4.27. The zero-order chi connectivity index (χ0) is 14.8. The van der Waals surface area contributed by atoms with Gasteiger partial charge in [-0.3, -0.25) is 9.69 Å². The van der Waals surface area contributed by atoms with Gasteiger partial charge < -0.3 is 10.1 Å². The summed E-state index contributed by atoms with van der Waals surface area (Å²) in [5.41, 5.74) is 1.76. The Morgan fingerprint density at radius 3 is 3.14 bits per heavy atom. The number of rotatable bonds is 4. The third kappa shape index (κ3) is 2.99. The van der Waals surface area contributed by atoms with Gasteiger partial charge in [0.2, 0.25) is 0 Å². The van der Waals surface area contributed by atoms with Crippen LogP contribution >= 0.6 is 0 Å². The van der Waals surface area contributed by atoms with Gasteiger partial charge >= 0.3 is 0 Å². The van der Waals surface area contributed by atoms with Crippen molar-refractivity contribution in [2.24, 2.45) is 5.92 Å². The minimum atomic E-state index is -0.0650. The summed E-state index contributed by atoms with van der Waals surface area (Å²) in [6.07, 6.45) is 1.97. The Morgan fingerprint density at radius 1 is 1.48 bits per heavy atom. The molecule has 1 aliphatic heterocycles. The fourth-order valence-electron chi connectivity index (χ4n) is 3.11. The molecule has 1 aromatic heterocycles. The van der Waals surface area contributed by atoms with Crippen molar-refractivity contribution in [2.75, 3.05) is 19.7 Å². The summed E-state index contributed by atoms with van der Waals surface area (Å²) in [5.74, 6) is 1.29. The van der Waals surface area contributed by atoms with Gasteiger partial charge in [0.05, 0.1) is 17.4 Å². The smallest absolute Gasteiger partial charge is 0.258 e. The summed E-state index contributed by atoms with van der Waals surface area (Å²) < 4.78 is 0. The number of aryl methyl sites for hydroxylation is 1. The highest BCUT2D eigenvalue weighted by molar-refractivity contribution is 5.80. The Labute approximate surface area is 123 Å². The number of aliphatic hydroxyl groups excluding tert-OH is 1. The average Bonchev–Trinajstić information content (AvgIpc) is 2.88. The van der Waals surface area contributed by atoms with Crippen LogP contribution in [-0.2, 0) is 6.54 Å². The Bertz CT molecular complexity index is 695. The molecule has 1 aromatic carbocycles. The van der Waals surface area contributed by atoms with E-state index >= 15 is 0 Å². The SMILES string of the molecule is Cc1cccc2c(=O)[nH]c(CN3CCC(CCO)C3)nc12. The summed E-state index contributed by atoms with van der Waals surface area (Å²) in [7, 11) is 0. The Balaban J connectivity index is 1.82. The molecule has 2 heterocycles. The lowest BCUT2D eigenvalue weighted by atomic mass is 10.1. The van der Waals surface area contributed by atoms with Gasteiger partial charge in [-0.25, -0.2) is 4.98 Å². The summed E-state index contributed by atoms with van der Waals surface area (Å²) in [6.45, 7) is 4.87. The molecule has 2 N–H and O–H groups in total. The monoisotopic (exact) mass is 287 g/mol. The van der Waals surface area contributed by atoms with E-state index in [-0.39, 0.29) is 12.2 Å². The van der Waals surface area contributed by atoms with Crippen LogP contribution in [0.3, 0.4) is 0 Å². The van der Waals surface area contributed by atoms with E-state index in [9.17, 15) is 4.79 Å². The van der Waals surface area contributed by atoms with Crippen LogP contribution in [0.5, 0.6) is 0 Å². The number of hydrogen-bond donors (Lipinski definition) is 2. The molecule has 1 atom stereocenters. The molecule has 0 amide bonds. The first-order valence-electron chi connectivity index (χ1n) is 7.49. The summed E-state index contributed by atoms with van der Waals surface area (Å²) in [5, 5.41) is 9.66. The maximum Gasteiger partial charge on any atom is 0.258 e. The van der Waals surface area contributed by atoms with Crippen molar-refractivity contribution in [1.82, 2.24) is 14.9 Å². The number of H-pyrrole nitrogens is 1. The number of benzene rings is 1. The molecule has 21 heavy (non-hydrogen) atoms. The zero-order valence-electron chi connectivity index (χ0n) is 12.3. The van der Waals surface area contributed by atoms with Crippen molar-refractivity contribution in [3.8, 4) is 0 Å². The zero-order valence-corrected chi connectivity index (χ0v) is 12.3. The van der Waals surface area contributed by atoms with Crippen LogP contribution in [0.4, 0.5) is 0 Å². The molecule has 5 heteroatoms. The number of likely N-dealkylation sites (tertiary alicyclic amines) is 1. The standard InChI is InChI=1S/C16H21N3O2/c1-11-3-2-4-13-15(11)17-14(18-16(13)21)10-19-7-5-12(9-19)6-8-20/h2-4,12,20H,5-10H2,1H3,(H,17,18,21). The second kappa shape index (κ2) is 5.95. The number of aromatic amines is 1. The highest BCUT2D eigenvalue weighted by Gasteiger charge is 2.22. The van der Waals surface area contributed by atoms with E-state index in [0.29, 0.717) is 17.8 Å². The van der Waals surface area contributed by atoms with Crippen LogP contribution in [0.1, 0.15) is 24.2 Å². The minimum absolute atomic E-state index is 0.0650. The molecule has 1 fully saturated rings. The minimum Gasteiger partial charge on any atom is -0.396 e. The molecule has 1 aliphatic rings. The van der Waals surface area contributed by atoms with E-state index in [1.54, 1.807) is 0 Å². The van der Waals surface area contributed by atoms with E-state index in [1.165, 1.54) is 0 Å². The maximum absolute atomic E-state index is 12.1. The lowest BCUT2D eigenvalue weighted by molar-refractivity contribution is 0.248. The molecule has 3 rings (SSSR count). The Morgan fingerprint density at radius 2 is 2.33 bits per heavy atom. The van der Waals surface area contributed by atoms with Gasteiger partial charge in [0.15, 0.2) is 0 Å². The van der Waals surface area contributed by atoms with E-state index in [1.807, 2.05) is 25.1 Å². The van der Waals surface area contributed by atoms with Crippen molar-refractivity contribution in [1.29, 1.82) is 0 Å². The van der Waals surface area contributed by atoms with Crippen LogP contribution in [-0.4, -0.2) is 39.7 Å². The molecule has 5 nitrogen and oxygen atoms in total. The quantitative estimate of drug-likeness (QED) is 0.892. The van der Waals surface area contributed by atoms with Gasteiger partial charge in [-0.1, -0.05) is 12.1 Å². The molecule has 0 aliphatic carbocycles. The molecule has 0 radical (unpaired) electrons. The van der Waals surface area contributed by atoms with Gasteiger partial charge in [-0.15, -0.1) is 0 Å². The normalized spacial score (nSPS) is 19.4. The van der Waals surface area contributed by atoms with Crippen molar-refractivity contribution >= 4 is 10.9 Å². The fraction of sp³-hybridized carbons (Fsp3) is 0.500. The van der Waals surface area contributed by atoms with Crippen LogP contribution in [0, 0.1) is 12.8 Å². The second-order valence-corrected chi connectivity index (χ2v) is 5.89. The third-order valence-electron chi connectivity index (χ3n) is 4.27. The van der Waals surface area contributed by atoms with Gasteiger partial charge in [0.1, 0.15) is 5.82 Å². The van der Waals surface area contributed by atoms with E-state index in [2.05, 4.69) is 14.9 Å². The van der Waals surface area contributed by atoms with Gasteiger partial charge in [-0.05, 0) is 43.9 Å². The average molecular weight is 287 g/mol. The molecular weight excluding hydrogens is 266 g/mol. The topological polar surface area (TPSA) is 69.2 Å². The molecule has 2 aromatic rings. The number of nitrogens with one attached hydrogen (secondary N) is 1. The summed E-state index contributed by atoms with van der Waals surface area (Å²) >= 11 is 0. The maximum atomic E-state index is 12.1. The number of hydrogen-bond acceptors (Lipinski definition) is 4. The van der Waals surface area contributed by atoms with Crippen LogP contribution in [0.15, 0.2) is 23.0 Å². The molecular formula is C16H21N3O2. The van der Waals surface area contributed by atoms with Crippen molar-refractivity contribution in [3.63, 3.8) is 0 Å². The van der Waals surface area contributed by atoms with Crippen molar-refractivity contribution < 1.29 is 5.11 Å². The van der Waals surface area contributed by atoms with Crippen LogP contribution < -0.4 is 5.56 Å². The summed E-state index contributed by atoms with van der Waals surface area (Å²) in [4.78, 5) is 22.0. The first kappa shape index (κ1) is 14.2. The number of aliphatic hydroxyl groups is 1. The first-order valence-corrected chi connectivity index (χ1v) is 7.49. The molecule has 0 bridgehead atoms. The van der Waals surface area contributed by atoms with Crippen molar-refractivity contribution in [3.05, 3.63) is 39.9 Å². The Kier molecular flexibility index (Phi) is 4.03.